The summed E-state index contributed by atoms with van der Waals surface area (Å²) < 4.78 is 19.2. The van der Waals surface area contributed by atoms with Gasteiger partial charge in [0.05, 0.1) is 24.4 Å². The van der Waals surface area contributed by atoms with Gasteiger partial charge in [0.15, 0.2) is 10.5 Å². The van der Waals surface area contributed by atoms with E-state index >= 15 is 0 Å². The molecular formula is C21H17N5O3S2. The van der Waals surface area contributed by atoms with Gasteiger partial charge in [0, 0.05) is 35.5 Å². The molecule has 0 spiro atoms. The van der Waals surface area contributed by atoms with Gasteiger partial charge in [0.2, 0.25) is 0 Å². The lowest BCUT2D eigenvalue weighted by Crippen LogP contribution is -2.05. The molecule has 1 aromatic carbocycles. The molecule has 5 aromatic rings. The molecule has 10 heteroatoms. The molecule has 0 aliphatic carbocycles. The number of benzene rings is 1. The third-order valence-electron chi connectivity index (χ3n) is 4.67. The summed E-state index contributed by atoms with van der Waals surface area (Å²) in [5.74, 6) is 7.64. The van der Waals surface area contributed by atoms with E-state index in [0.717, 1.165) is 21.7 Å². The molecule has 4 aromatic heterocycles. The lowest BCUT2D eigenvalue weighted by molar-refractivity contribution is 0.303. The molecule has 8 nitrogen and oxygen atoms in total. The Balaban J connectivity index is 1.45. The number of H-pyrrole nitrogens is 1. The van der Waals surface area contributed by atoms with Crippen LogP contribution in [0.2, 0.25) is 0 Å². The molecule has 0 aliphatic rings. The van der Waals surface area contributed by atoms with Crippen molar-refractivity contribution in [2.75, 3.05) is 13.0 Å². The number of hydrogen-bond donors (Lipinski definition) is 2. The Bertz CT molecular complexity index is 1420. The molecule has 0 fully saturated rings. The van der Waals surface area contributed by atoms with Crippen molar-refractivity contribution in [1.82, 2.24) is 19.6 Å². The molecule has 31 heavy (non-hydrogen) atoms. The van der Waals surface area contributed by atoms with E-state index in [1.165, 1.54) is 4.68 Å². The van der Waals surface area contributed by atoms with E-state index in [0.29, 0.717) is 39.9 Å². The van der Waals surface area contributed by atoms with Crippen molar-refractivity contribution in [3.63, 3.8) is 0 Å². The van der Waals surface area contributed by atoms with Crippen molar-refractivity contribution in [2.45, 2.75) is 6.61 Å². The van der Waals surface area contributed by atoms with Gasteiger partial charge in [-0.3, -0.25) is 4.98 Å². The van der Waals surface area contributed by atoms with Gasteiger partial charge < -0.3 is 24.7 Å². The standard InChI is InChI=1S/C21H17N5O3S2/c1-27-14-6-17(28-10-13-11-31-20(24-13)12-2-4-23-5-3-12)15-8-19(29-18(15)7-14)16-9-26(22)21(30)25-16/h2-9,11H,10,22H2,1H3,(H,25,30). The summed E-state index contributed by atoms with van der Waals surface area (Å²) in [6.45, 7) is 0.311. The monoisotopic (exact) mass is 451 g/mol. The third-order valence-corrected chi connectivity index (χ3v) is 5.93. The summed E-state index contributed by atoms with van der Waals surface area (Å²) in [5.41, 5.74) is 3.17. The second-order valence-corrected chi connectivity index (χ2v) is 7.94. The maximum atomic E-state index is 6.11. The zero-order valence-electron chi connectivity index (χ0n) is 16.4. The average molecular weight is 452 g/mol. The minimum atomic E-state index is 0.311. The van der Waals surface area contributed by atoms with Crippen molar-refractivity contribution >= 4 is 34.5 Å². The van der Waals surface area contributed by atoms with Crippen LogP contribution in [-0.2, 0) is 6.61 Å². The molecule has 0 atom stereocenters. The normalized spacial score (nSPS) is 11.1. The van der Waals surface area contributed by atoms with Crippen LogP contribution in [0.1, 0.15) is 5.69 Å². The number of ether oxygens (including phenoxy) is 2. The van der Waals surface area contributed by atoms with Crippen LogP contribution in [0.3, 0.4) is 0 Å². The molecule has 0 amide bonds. The number of aromatic nitrogens is 4. The van der Waals surface area contributed by atoms with Crippen LogP contribution < -0.4 is 15.3 Å². The zero-order valence-corrected chi connectivity index (χ0v) is 18.0. The predicted molar refractivity (Wildman–Crippen MR) is 121 cm³/mol. The third kappa shape index (κ3) is 3.78. The number of imidazole rings is 1. The van der Waals surface area contributed by atoms with Crippen molar-refractivity contribution in [3.05, 3.63) is 64.8 Å². The number of nitrogen functional groups attached to an aromatic ring is 1. The number of nitrogens with two attached hydrogens (primary N) is 1. The first-order valence-corrected chi connectivity index (χ1v) is 10.6. The van der Waals surface area contributed by atoms with Gasteiger partial charge >= 0.3 is 0 Å². The van der Waals surface area contributed by atoms with Gasteiger partial charge in [-0.1, -0.05) is 0 Å². The maximum absolute atomic E-state index is 6.11. The van der Waals surface area contributed by atoms with E-state index in [1.54, 1.807) is 37.0 Å². The number of nitrogens with zero attached hydrogens (tertiary/aromatic N) is 3. The van der Waals surface area contributed by atoms with Crippen LogP contribution in [-0.4, -0.2) is 26.7 Å². The molecule has 3 N–H and O–H groups in total. The first-order chi connectivity index (χ1) is 15.1. The fourth-order valence-electron chi connectivity index (χ4n) is 3.14. The quantitative estimate of drug-likeness (QED) is 0.283. The fourth-order valence-corrected chi connectivity index (χ4v) is 4.11. The minimum absolute atomic E-state index is 0.311. The minimum Gasteiger partial charge on any atom is -0.496 e. The van der Waals surface area contributed by atoms with Gasteiger partial charge in [0.25, 0.3) is 0 Å². The second-order valence-electron chi connectivity index (χ2n) is 6.70. The highest BCUT2D eigenvalue weighted by molar-refractivity contribution is 7.71. The van der Waals surface area contributed by atoms with Crippen LogP contribution in [0.25, 0.3) is 33.0 Å². The Morgan fingerprint density at radius 3 is 2.84 bits per heavy atom. The summed E-state index contributed by atoms with van der Waals surface area (Å²) in [6.07, 6.45) is 5.18. The molecule has 0 saturated heterocycles. The largest absolute Gasteiger partial charge is 0.496 e. The number of rotatable bonds is 6. The van der Waals surface area contributed by atoms with Gasteiger partial charge in [-0.05, 0) is 30.4 Å². The molecule has 0 aliphatic heterocycles. The van der Waals surface area contributed by atoms with Crippen molar-refractivity contribution in [1.29, 1.82) is 0 Å². The average Bonchev–Trinajstić information content (AvgIpc) is 3.51. The smallest absolute Gasteiger partial charge is 0.196 e. The highest BCUT2D eigenvalue weighted by Gasteiger charge is 2.15. The Morgan fingerprint density at radius 2 is 2.10 bits per heavy atom. The number of pyridine rings is 1. The van der Waals surface area contributed by atoms with Crippen LogP contribution >= 0.6 is 23.6 Å². The molecule has 0 saturated carbocycles. The van der Waals surface area contributed by atoms with E-state index < -0.39 is 0 Å². The van der Waals surface area contributed by atoms with E-state index in [4.69, 9.17) is 32.0 Å². The van der Waals surface area contributed by atoms with Gasteiger partial charge in [-0.15, -0.1) is 11.3 Å². The zero-order chi connectivity index (χ0) is 21.4. The highest BCUT2D eigenvalue weighted by atomic mass is 32.1. The lowest BCUT2D eigenvalue weighted by Gasteiger charge is -2.07. The molecule has 156 valence electrons. The predicted octanol–water partition coefficient (Wildman–Crippen LogP) is 4.78. The van der Waals surface area contributed by atoms with Crippen LogP contribution in [0, 0.1) is 4.77 Å². The maximum Gasteiger partial charge on any atom is 0.196 e. The van der Waals surface area contributed by atoms with E-state index in [2.05, 4.69) is 15.0 Å². The Labute approximate surface area is 185 Å². The number of nitrogens with one attached hydrogen (secondary N) is 1. The number of fused-ring (bicyclic) bond motifs is 1. The van der Waals surface area contributed by atoms with Gasteiger partial charge in [-0.2, -0.15) is 0 Å². The van der Waals surface area contributed by atoms with E-state index in [1.807, 2.05) is 35.7 Å². The van der Waals surface area contributed by atoms with Crippen LogP contribution in [0.5, 0.6) is 11.5 Å². The van der Waals surface area contributed by atoms with Crippen LogP contribution in [0.4, 0.5) is 0 Å². The SMILES string of the molecule is COc1cc(OCc2csc(-c3ccncc3)n2)c2cc(-c3cn(N)c(=S)[nH]3)oc2c1. The summed E-state index contributed by atoms with van der Waals surface area (Å²) >= 11 is 6.70. The van der Waals surface area contributed by atoms with E-state index in [-0.39, 0.29) is 0 Å². The Kier molecular flexibility index (Phi) is 4.92. The number of hydrogen-bond acceptors (Lipinski definition) is 8. The highest BCUT2D eigenvalue weighted by Crippen LogP contribution is 2.37. The summed E-state index contributed by atoms with van der Waals surface area (Å²) in [6, 6.07) is 9.39. The van der Waals surface area contributed by atoms with Crippen molar-refractivity contribution < 1.29 is 13.9 Å². The lowest BCUT2D eigenvalue weighted by atomic mass is 10.2. The first kappa shape index (κ1) is 19.3. The van der Waals surface area contributed by atoms with Crippen LogP contribution in [0.15, 0.2) is 58.7 Å². The Morgan fingerprint density at radius 1 is 1.26 bits per heavy atom. The number of aromatic amines is 1. The van der Waals surface area contributed by atoms with Gasteiger partial charge in [-0.25, -0.2) is 9.66 Å². The topological polar surface area (TPSA) is 104 Å². The summed E-state index contributed by atoms with van der Waals surface area (Å²) in [5, 5.41) is 3.71. The van der Waals surface area contributed by atoms with E-state index in [9.17, 15) is 0 Å². The number of thiazole rings is 1. The molecule has 0 bridgehead atoms. The molecule has 0 unspecified atom stereocenters. The Hall–Kier alpha value is -3.63. The summed E-state index contributed by atoms with van der Waals surface area (Å²) in [4.78, 5) is 11.7. The second kappa shape index (κ2) is 7.89. The number of methoxy groups -OCH3 is 1. The number of furan rings is 1. The molecule has 4 heterocycles. The molecule has 0 radical (unpaired) electrons. The van der Waals surface area contributed by atoms with Crippen molar-refractivity contribution in [2.24, 2.45) is 0 Å². The fraction of sp³-hybridized carbons (Fsp3) is 0.0952. The first-order valence-electron chi connectivity index (χ1n) is 9.27. The summed E-state index contributed by atoms with van der Waals surface area (Å²) in [7, 11) is 1.60. The van der Waals surface area contributed by atoms with Gasteiger partial charge in [0.1, 0.15) is 34.4 Å². The van der Waals surface area contributed by atoms with Crippen molar-refractivity contribution in [3.8, 4) is 33.5 Å². The molecular weight excluding hydrogens is 434 g/mol. The molecule has 5 rings (SSSR count).